The third-order valence-corrected chi connectivity index (χ3v) is 5.96. The predicted octanol–water partition coefficient (Wildman–Crippen LogP) is 0.483. The van der Waals surface area contributed by atoms with Gasteiger partial charge in [-0.3, -0.25) is 24.0 Å². The standard InChI is InChI=1S/C27H49N3O10/c1-21(22(2)31)7-4-5-11-29-25(33)19-40-18-16-38-14-12-30-26(34)20-39-17-15-37-13-6-8-23(32)9-10-24(28-3)27(35)36/h21,24,28H,4-20H2,1-3H3,(H,29,33)(H,30,34)(H,35,36)/t21-,24-/m0/s1. The molecule has 232 valence electrons. The van der Waals surface area contributed by atoms with E-state index < -0.39 is 12.0 Å². The molecule has 2 amide bonds. The zero-order valence-corrected chi connectivity index (χ0v) is 24.3. The molecule has 13 heteroatoms. The molecule has 0 aliphatic rings. The van der Waals surface area contributed by atoms with Crippen LogP contribution in [0.15, 0.2) is 0 Å². The Labute approximate surface area is 237 Å². The molecule has 0 aliphatic heterocycles. The number of hydrogen-bond acceptors (Lipinski definition) is 10. The van der Waals surface area contributed by atoms with Crippen LogP contribution in [-0.2, 0) is 42.9 Å². The van der Waals surface area contributed by atoms with Crippen molar-refractivity contribution in [3.8, 4) is 0 Å². The molecule has 0 saturated carbocycles. The smallest absolute Gasteiger partial charge is 0.320 e. The first-order valence-corrected chi connectivity index (χ1v) is 13.9. The van der Waals surface area contributed by atoms with E-state index in [4.69, 9.17) is 24.1 Å². The number of unbranched alkanes of at least 4 members (excludes halogenated alkanes) is 1. The maximum absolute atomic E-state index is 11.8. The zero-order valence-electron chi connectivity index (χ0n) is 24.3. The fraction of sp³-hybridized carbons (Fsp3) is 0.815. The van der Waals surface area contributed by atoms with E-state index in [-0.39, 0.29) is 68.6 Å². The maximum atomic E-state index is 11.8. The highest BCUT2D eigenvalue weighted by Crippen LogP contribution is 2.08. The van der Waals surface area contributed by atoms with Gasteiger partial charge in [0.15, 0.2) is 0 Å². The first-order valence-electron chi connectivity index (χ1n) is 13.9. The van der Waals surface area contributed by atoms with Gasteiger partial charge in [0.2, 0.25) is 11.8 Å². The van der Waals surface area contributed by atoms with Gasteiger partial charge in [0.1, 0.15) is 30.8 Å². The number of nitrogens with one attached hydrogen (secondary N) is 3. The van der Waals surface area contributed by atoms with Crippen LogP contribution in [0.4, 0.5) is 0 Å². The van der Waals surface area contributed by atoms with E-state index >= 15 is 0 Å². The van der Waals surface area contributed by atoms with Crippen LogP contribution in [0.25, 0.3) is 0 Å². The number of carboxylic acids is 1. The molecule has 0 unspecified atom stereocenters. The van der Waals surface area contributed by atoms with Crippen molar-refractivity contribution in [3.63, 3.8) is 0 Å². The minimum absolute atomic E-state index is 0.00248. The zero-order chi connectivity index (χ0) is 30.0. The van der Waals surface area contributed by atoms with Crippen LogP contribution in [0.2, 0.25) is 0 Å². The largest absolute Gasteiger partial charge is 0.480 e. The topological polar surface area (TPSA) is 179 Å². The summed E-state index contributed by atoms with van der Waals surface area (Å²) in [5.74, 6) is -1.20. The number of amides is 2. The van der Waals surface area contributed by atoms with E-state index in [1.807, 2.05) is 6.92 Å². The number of rotatable bonds is 28. The van der Waals surface area contributed by atoms with Crippen molar-refractivity contribution in [1.82, 2.24) is 16.0 Å². The molecule has 0 aliphatic carbocycles. The van der Waals surface area contributed by atoms with Gasteiger partial charge in [0.25, 0.3) is 0 Å². The Hall–Kier alpha value is -2.45. The quantitative estimate of drug-likeness (QED) is 0.0954. The summed E-state index contributed by atoms with van der Waals surface area (Å²) >= 11 is 0. The van der Waals surface area contributed by atoms with Gasteiger partial charge in [-0.1, -0.05) is 13.3 Å². The minimum atomic E-state index is -0.970. The third kappa shape index (κ3) is 23.4. The molecule has 40 heavy (non-hydrogen) atoms. The van der Waals surface area contributed by atoms with Crippen LogP contribution >= 0.6 is 0 Å². The molecule has 0 heterocycles. The Bertz CT molecular complexity index is 735. The molecule has 0 aromatic carbocycles. The molecule has 2 atom stereocenters. The van der Waals surface area contributed by atoms with Gasteiger partial charge in [-0.2, -0.15) is 0 Å². The van der Waals surface area contributed by atoms with Crippen molar-refractivity contribution >= 4 is 29.4 Å². The van der Waals surface area contributed by atoms with Gasteiger partial charge in [0, 0.05) is 38.5 Å². The second-order valence-corrected chi connectivity index (χ2v) is 9.40. The second kappa shape index (κ2) is 25.5. The average Bonchev–Trinajstić information content (AvgIpc) is 2.91. The molecule has 0 aromatic rings. The summed E-state index contributed by atoms with van der Waals surface area (Å²) in [5.41, 5.74) is 0. The van der Waals surface area contributed by atoms with Gasteiger partial charge < -0.3 is 40.0 Å². The number of likely N-dealkylation sites (N-methyl/N-ethyl adjacent to an activating group) is 1. The van der Waals surface area contributed by atoms with E-state index in [1.165, 1.54) is 0 Å². The van der Waals surface area contributed by atoms with Crippen molar-refractivity contribution in [2.45, 2.75) is 64.8 Å². The molecule has 0 fully saturated rings. The molecule has 0 saturated heterocycles. The lowest BCUT2D eigenvalue weighted by molar-refractivity contribution is -0.139. The highest BCUT2D eigenvalue weighted by atomic mass is 16.5. The molecule has 0 spiro atoms. The van der Waals surface area contributed by atoms with Crippen LogP contribution in [-0.4, -0.2) is 113 Å². The summed E-state index contributed by atoms with van der Waals surface area (Å²) in [7, 11) is 1.55. The first-order chi connectivity index (χ1) is 19.2. The van der Waals surface area contributed by atoms with E-state index in [1.54, 1.807) is 14.0 Å². The third-order valence-electron chi connectivity index (χ3n) is 5.96. The Morgan fingerprint density at radius 1 is 0.700 bits per heavy atom. The summed E-state index contributed by atoms with van der Waals surface area (Å²) in [6.45, 7) is 5.99. The van der Waals surface area contributed by atoms with Gasteiger partial charge in [-0.05, 0) is 39.7 Å². The van der Waals surface area contributed by atoms with Crippen LogP contribution in [0.1, 0.15) is 58.8 Å². The van der Waals surface area contributed by atoms with Gasteiger partial charge in [-0.15, -0.1) is 0 Å². The van der Waals surface area contributed by atoms with Crippen molar-refractivity contribution in [3.05, 3.63) is 0 Å². The molecular weight excluding hydrogens is 526 g/mol. The van der Waals surface area contributed by atoms with Crippen LogP contribution in [0.3, 0.4) is 0 Å². The van der Waals surface area contributed by atoms with Gasteiger partial charge in [-0.25, -0.2) is 0 Å². The SMILES string of the molecule is CN[C@@H](CCC(=O)CCCOCCOCC(=O)NCCOCCOCC(=O)NCCCC[C@H](C)C(C)=O)C(=O)O. The van der Waals surface area contributed by atoms with E-state index in [9.17, 15) is 24.0 Å². The van der Waals surface area contributed by atoms with Crippen molar-refractivity contribution in [2.24, 2.45) is 5.92 Å². The fourth-order valence-electron chi connectivity index (χ4n) is 3.33. The number of aliphatic carboxylic acids is 1. The number of carboxylic acid groups (broad SMARTS) is 1. The summed E-state index contributed by atoms with van der Waals surface area (Å²) < 4.78 is 21.2. The fourth-order valence-corrected chi connectivity index (χ4v) is 3.33. The average molecular weight is 576 g/mol. The van der Waals surface area contributed by atoms with Gasteiger partial charge in [0.05, 0.1) is 33.0 Å². The van der Waals surface area contributed by atoms with Gasteiger partial charge >= 0.3 is 5.97 Å². The van der Waals surface area contributed by atoms with Crippen LogP contribution in [0, 0.1) is 5.92 Å². The van der Waals surface area contributed by atoms with E-state index in [0.29, 0.717) is 52.4 Å². The molecule has 0 rings (SSSR count). The number of ether oxygens (including phenoxy) is 4. The van der Waals surface area contributed by atoms with Crippen LogP contribution in [0.5, 0.6) is 0 Å². The number of Topliss-reactive ketones (excluding diaryl/α,β-unsaturated/α-hetero) is 2. The number of hydrogen-bond donors (Lipinski definition) is 4. The molecule has 13 nitrogen and oxygen atoms in total. The van der Waals surface area contributed by atoms with E-state index in [0.717, 1.165) is 19.3 Å². The Kier molecular flexibility index (Phi) is 24.0. The van der Waals surface area contributed by atoms with E-state index in [2.05, 4.69) is 16.0 Å². The lowest BCUT2D eigenvalue weighted by Crippen LogP contribution is -2.34. The normalized spacial score (nSPS) is 12.5. The molecule has 0 bridgehead atoms. The highest BCUT2D eigenvalue weighted by Gasteiger charge is 2.16. The van der Waals surface area contributed by atoms with Crippen molar-refractivity contribution in [1.29, 1.82) is 0 Å². The maximum Gasteiger partial charge on any atom is 0.320 e. The number of carbonyl (C=O) groups excluding carboxylic acids is 4. The predicted molar refractivity (Wildman–Crippen MR) is 147 cm³/mol. The summed E-state index contributed by atoms with van der Waals surface area (Å²) in [4.78, 5) is 57.3. The number of carbonyl (C=O) groups is 5. The number of ketones is 2. The van der Waals surface area contributed by atoms with Crippen LogP contribution < -0.4 is 16.0 Å². The molecular formula is C27H49N3O10. The molecule has 0 aromatic heterocycles. The molecule has 0 radical (unpaired) electrons. The highest BCUT2D eigenvalue weighted by molar-refractivity contribution is 5.80. The first kappa shape index (κ1) is 37.6. The minimum Gasteiger partial charge on any atom is -0.480 e. The summed E-state index contributed by atoms with van der Waals surface area (Å²) in [5, 5.41) is 17.0. The summed E-state index contributed by atoms with van der Waals surface area (Å²) in [6, 6.07) is -0.718. The lowest BCUT2D eigenvalue weighted by atomic mass is 10.0. The summed E-state index contributed by atoms with van der Waals surface area (Å²) in [6.07, 6.45) is 3.86. The van der Waals surface area contributed by atoms with Crippen molar-refractivity contribution < 1.29 is 48.0 Å². The second-order valence-electron chi connectivity index (χ2n) is 9.40. The lowest BCUT2D eigenvalue weighted by Gasteiger charge is -2.10. The Morgan fingerprint density at radius 2 is 1.27 bits per heavy atom. The molecule has 4 N–H and O–H groups in total. The Morgan fingerprint density at radius 3 is 1.85 bits per heavy atom. The monoisotopic (exact) mass is 575 g/mol. The Balaban J connectivity index is 3.44. The van der Waals surface area contributed by atoms with Crippen molar-refractivity contribution in [2.75, 3.05) is 73.0 Å².